The van der Waals surface area contributed by atoms with Crippen LogP contribution in [-0.4, -0.2) is 81.3 Å². The van der Waals surface area contributed by atoms with Gasteiger partial charge < -0.3 is 20.0 Å². The molecule has 0 aliphatic rings. The second kappa shape index (κ2) is 7.07. The molecule has 0 heterocycles. The number of hydrogen-bond acceptors (Lipinski definition) is 4. The molecule has 0 aromatic heterocycles. The Bertz CT molecular complexity index is 341. The summed E-state index contributed by atoms with van der Waals surface area (Å²) in [4.78, 5) is 25.1. The molecule has 0 unspecified atom stereocenters. The molecule has 0 amide bonds. The van der Waals surface area contributed by atoms with Crippen molar-refractivity contribution in [3.63, 3.8) is 0 Å². The van der Waals surface area contributed by atoms with Crippen molar-refractivity contribution >= 4 is 46.6 Å². The van der Waals surface area contributed by atoms with E-state index in [0.29, 0.717) is 0 Å². The predicted octanol–water partition coefficient (Wildman–Crippen LogP) is -0.479. The van der Waals surface area contributed by atoms with E-state index in [0.717, 1.165) is 0 Å². The summed E-state index contributed by atoms with van der Waals surface area (Å²) in [6, 6.07) is 0. The number of likely N-dealkylation sites (N-methyl/N-ethyl adjacent to an activating group) is 2. The molecule has 2 N–H and O–H groups in total. The monoisotopic (exact) mass is 293 g/mol. The first-order chi connectivity index (χ1) is 8.16. The predicted molar refractivity (Wildman–Crippen MR) is 73.5 cm³/mol. The number of thiocarbonyl (C=S) groups is 2. The largest absolute Gasteiger partial charge is 0.480 e. The van der Waals surface area contributed by atoms with Crippen molar-refractivity contribution in [3.05, 3.63) is 0 Å². The third-order valence-corrected chi connectivity index (χ3v) is 3.14. The lowest BCUT2D eigenvalue weighted by molar-refractivity contribution is -0.138. The van der Waals surface area contributed by atoms with E-state index in [9.17, 15) is 9.59 Å². The minimum atomic E-state index is -1.02. The van der Waals surface area contributed by atoms with E-state index in [1.165, 1.54) is 28.8 Å². The third-order valence-electron chi connectivity index (χ3n) is 1.97. The molecule has 0 aromatic carbocycles. The van der Waals surface area contributed by atoms with Crippen LogP contribution in [0.5, 0.6) is 0 Å². The topological polar surface area (TPSA) is 84.3 Å². The van der Waals surface area contributed by atoms with Crippen LogP contribution in [0.1, 0.15) is 0 Å². The minimum absolute atomic E-state index is 0.208. The van der Waals surface area contributed by atoms with Crippen molar-refractivity contribution in [3.8, 4) is 0 Å². The third kappa shape index (κ3) is 5.23. The molecule has 0 aliphatic heterocycles. The van der Waals surface area contributed by atoms with Crippen molar-refractivity contribution in [2.45, 2.75) is 0 Å². The molecular formula is C9H15N3O4S2. The van der Waals surface area contributed by atoms with Gasteiger partial charge in [-0.3, -0.25) is 14.5 Å². The van der Waals surface area contributed by atoms with Crippen LogP contribution in [0.2, 0.25) is 0 Å². The Morgan fingerprint density at radius 2 is 1.17 bits per heavy atom. The summed E-state index contributed by atoms with van der Waals surface area (Å²) in [7, 11) is 4.60. The van der Waals surface area contributed by atoms with E-state index < -0.39 is 11.9 Å². The normalized spacial score (nSPS) is 9.50. The lowest BCUT2D eigenvalue weighted by Gasteiger charge is -2.31. The molecule has 102 valence electrons. The van der Waals surface area contributed by atoms with Crippen molar-refractivity contribution in [2.24, 2.45) is 0 Å². The molecule has 0 saturated carbocycles. The van der Waals surface area contributed by atoms with Crippen molar-refractivity contribution in [1.82, 2.24) is 14.7 Å². The molecule has 18 heavy (non-hydrogen) atoms. The Labute approximate surface area is 116 Å². The fourth-order valence-corrected chi connectivity index (χ4v) is 1.49. The molecule has 0 saturated heterocycles. The van der Waals surface area contributed by atoms with Gasteiger partial charge in [0.25, 0.3) is 0 Å². The van der Waals surface area contributed by atoms with Crippen molar-refractivity contribution in [2.75, 3.05) is 34.2 Å². The Balaban J connectivity index is 4.58. The molecule has 0 spiro atoms. The SMILES string of the molecule is CN(CC(=O)O)C(=S)N(C)C(=S)N(C)CC(=O)O. The summed E-state index contributed by atoms with van der Waals surface area (Å²) >= 11 is 10.1. The molecule has 0 aromatic rings. The van der Waals surface area contributed by atoms with E-state index in [1.54, 1.807) is 7.05 Å². The summed E-state index contributed by atoms with van der Waals surface area (Å²) in [5.74, 6) is -2.03. The van der Waals surface area contributed by atoms with Gasteiger partial charge in [0.2, 0.25) is 0 Å². The molecule has 0 rings (SSSR count). The lowest BCUT2D eigenvalue weighted by Crippen LogP contribution is -2.49. The number of carboxylic acids is 2. The summed E-state index contributed by atoms with van der Waals surface area (Å²) < 4.78 is 0. The number of aliphatic carboxylic acids is 2. The van der Waals surface area contributed by atoms with E-state index in [-0.39, 0.29) is 23.3 Å². The Morgan fingerprint density at radius 1 is 0.889 bits per heavy atom. The van der Waals surface area contributed by atoms with Crippen LogP contribution in [-0.2, 0) is 9.59 Å². The Kier molecular flexibility index (Phi) is 6.48. The first-order valence-electron chi connectivity index (χ1n) is 4.84. The molecule has 0 aliphatic carbocycles. The van der Waals surface area contributed by atoms with Crippen LogP contribution in [0.4, 0.5) is 0 Å². The number of carboxylic acid groups (broad SMARTS) is 2. The Hall–Kier alpha value is -1.48. The van der Waals surface area contributed by atoms with Gasteiger partial charge in [-0.2, -0.15) is 0 Å². The van der Waals surface area contributed by atoms with Gasteiger partial charge in [-0.05, 0) is 24.4 Å². The highest BCUT2D eigenvalue weighted by Gasteiger charge is 2.19. The standard InChI is InChI=1S/C9H15N3O4S2/c1-10(4-6(13)14)8(17)12(3)9(18)11(2)5-7(15)16/h4-5H2,1-3H3,(H,13,14)(H,15,16). The van der Waals surface area contributed by atoms with E-state index in [1.807, 2.05) is 0 Å². The lowest BCUT2D eigenvalue weighted by atomic mass is 10.5. The fourth-order valence-electron chi connectivity index (χ4n) is 1.13. The molecule has 0 fully saturated rings. The highest BCUT2D eigenvalue weighted by molar-refractivity contribution is 7.81. The zero-order chi connectivity index (χ0) is 14.5. The summed E-state index contributed by atoms with van der Waals surface area (Å²) in [6.07, 6.45) is 0. The molecular weight excluding hydrogens is 278 g/mol. The van der Waals surface area contributed by atoms with Gasteiger partial charge in [-0.25, -0.2) is 0 Å². The second-order valence-corrected chi connectivity index (χ2v) is 4.35. The highest BCUT2D eigenvalue weighted by atomic mass is 32.1. The van der Waals surface area contributed by atoms with Gasteiger partial charge in [0, 0.05) is 21.1 Å². The highest BCUT2D eigenvalue weighted by Crippen LogP contribution is 2.00. The summed E-state index contributed by atoms with van der Waals surface area (Å²) in [5, 5.41) is 17.7. The molecule has 0 bridgehead atoms. The Morgan fingerprint density at radius 3 is 1.39 bits per heavy atom. The fraction of sp³-hybridized carbons (Fsp3) is 0.556. The van der Waals surface area contributed by atoms with Gasteiger partial charge in [0.1, 0.15) is 13.1 Å². The van der Waals surface area contributed by atoms with Gasteiger partial charge in [0.15, 0.2) is 10.2 Å². The number of rotatable bonds is 4. The van der Waals surface area contributed by atoms with Crippen LogP contribution in [0.3, 0.4) is 0 Å². The maximum absolute atomic E-state index is 10.5. The zero-order valence-electron chi connectivity index (χ0n) is 10.3. The van der Waals surface area contributed by atoms with Gasteiger partial charge in [-0.1, -0.05) is 0 Å². The average molecular weight is 293 g/mol. The number of hydrogen-bond donors (Lipinski definition) is 2. The van der Waals surface area contributed by atoms with Gasteiger partial charge in [-0.15, -0.1) is 0 Å². The molecule has 7 nitrogen and oxygen atoms in total. The van der Waals surface area contributed by atoms with Crippen LogP contribution in [0.25, 0.3) is 0 Å². The van der Waals surface area contributed by atoms with Crippen molar-refractivity contribution < 1.29 is 19.8 Å². The van der Waals surface area contributed by atoms with Crippen LogP contribution in [0, 0.1) is 0 Å². The first kappa shape index (κ1) is 16.5. The maximum atomic E-state index is 10.5. The van der Waals surface area contributed by atoms with E-state index >= 15 is 0 Å². The minimum Gasteiger partial charge on any atom is -0.480 e. The van der Waals surface area contributed by atoms with Crippen LogP contribution >= 0.6 is 24.4 Å². The number of carbonyl (C=O) groups is 2. The summed E-state index contributed by atoms with van der Waals surface area (Å²) in [6.45, 7) is -0.511. The maximum Gasteiger partial charge on any atom is 0.323 e. The van der Waals surface area contributed by atoms with E-state index in [4.69, 9.17) is 34.6 Å². The van der Waals surface area contributed by atoms with Gasteiger partial charge >= 0.3 is 11.9 Å². The zero-order valence-corrected chi connectivity index (χ0v) is 11.9. The molecule has 0 radical (unpaired) electrons. The smallest absolute Gasteiger partial charge is 0.323 e. The van der Waals surface area contributed by atoms with Crippen LogP contribution in [0.15, 0.2) is 0 Å². The number of nitrogens with zero attached hydrogens (tertiary/aromatic N) is 3. The van der Waals surface area contributed by atoms with E-state index in [2.05, 4.69) is 0 Å². The first-order valence-corrected chi connectivity index (χ1v) is 5.66. The van der Waals surface area contributed by atoms with Crippen LogP contribution < -0.4 is 0 Å². The summed E-state index contributed by atoms with van der Waals surface area (Å²) in [5.41, 5.74) is 0. The van der Waals surface area contributed by atoms with Gasteiger partial charge in [0.05, 0.1) is 0 Å². The average Bonchev–Trinajstić information content (AvgIpc) is 2.24. The second-order valence-electron chi connectivity index (χ2n) is 3.62. The quantitative estimate of drug-likeness (QED) is 0.668. The molecule has 9 heteroatoms. The van der Waals surface area contributed by atoms with Crippen molar-refractivity contribution in [1.29, 1.82) is 0 Å². The molecule has 0 atom stereocenters.